The number of fused-ring (bicyclic) bond motifs is 1. The number of piperidine rings is 1. The van der Waals surface area contributed by atoms with Gasteiger partial charge in [-0.25, -0.2) is 8.78 Å². The number of alkyl halides is 5. The molecule has 1 aromatic carbocycles. The van der Waals surface area contributed by atoms with Crippen LogP contribution in [0, 0.1) is 5.92 Å². The van der Waals surface area contributed by atoms with Crippen LogP contribution in [0.2, 0.25) is 0 Å². The van der Waals surface area contributed by atoms with Crippen LogP contribution in [-0.4, -0.2) is 52.9 Å². The van der Waals surface area contributed by atoms with Gasteiger partial charge in [0.15, 0.2) is 5.82 Å². The monoisotopic (exact) mass is 428 g/mol. The summed E-state index contributed by atoms with van der Waals surface area (Å²) in [5.74, 6) is 0.0174. The number of aromatic nitrogens is 2. The molecule has 10 heteroatoms. The van der Waals surface area contributed by atoms with Crippen molar-refractivity contribution in [2.24, 2.45) is 5.92 Å². The summed E-state index contributed by atoms with van der Waals surface area (Å²) in [4.78, 5) is 4.17. The minimum Gasteiger partial charge on any atom is -0.507 e. The molecule has 30 heavy (non-hydrogen) atoms. The summed E-state index contributed by atoms with van der Waals surface area (Å²) in [6.07, 6.45) is -5.60. The Balaban J connectivity index is 1.70. The Bertz CT molecular complexity index is 936. The third-order valence-electron chi connectivity index (χ3n) is 5.99. The quantitative estimate of drug-likeness (QED) is 0.738. The van der Waals surface area contributed by atoms with Gasteiger partial charge in [0, 0.05) is 30.3 Å². The standard InChI is InChI=1S/C20H21F5N4O/c1-28-6-4-11-5-7-29(15(11)10-28)17-9-14(19(21)22)18(27-26-17)13-3-2-12(8-16(13)30)20(23,24)25/h2-3,8-9,11,15,19,30H,4-7,10H2,1H3. The maximum absolute atomic E-state index is 13.8. The van der Waals surface area contributed by atoms with E-state index in [2.05, 4.69) is 15.1 Å². The molecule has 3 heterocycles. The number of likely N-dealkylation sites (tertiary alicyclic amines) is 1. The van der Waals surface area contributed by atoms with Gasteiger partial charge in [0.2, 0.25) is 0 Å². The van der Waals surface area contributed by atoms with Crippen molar-refractivity contribution < 1.29 is 27.1 Å². The number of rotatable bonds is 3. The van der Waals surface area contributed by atoms with Crippen LogP contribution >= 0.6 is 0 Å². The highest BCUT2D eigenvalue weighted by atomic mass is 19.4. The Morgan fingerprint density at radius 2 is 1.83 bits per heavy atom. The van der Waals surface area contributed by atoms with Crippen molar-refractivity contribution in [1.29, 1.82) is 0 Å². The molecule has 162 valence electrons. The van der Waals surface area contributed by atoms with Crippen molar-refractivity contribution in [2.75, 3.05) is 31.6 Å². The fourth-order valence-electron chi connectivity index (χ4n) is 4.40. The van der Waals surface area contributed by atoms with E-state index in [1.54, 1.807) is 0 Å². The summed E-state index contributed by atoms with van der Waals surface area (Å²) in [6, 6.07) is 3.57. The van der Waals surface area contributed by atoms with Gasteiger partial charge in [-0.15, -0.1) is 10.2 Å². The number of hydrogen-bond acceptors (Lipinski definition) is 5. The van der Waals surface area contributed by atoms with Crippen molar-refractivity contribution in [3.05, 3.63) is 35.4 Å². The molecule has 0 radical (unpaired) electrons. The summed E-state index contributed by atoms with van der Waals surface area (Å²) < 4.78 is 66.1. The maximum Gasteiger partial charge on any atom is 0.416 e. The molecule has 2 aliphatic heterocycles. The van der Waals surface area contributed by atoms with E-state index in [1.807, 2.05) is 11.9 Å². The molecule has 1 N–H and O–H groups in total. The number of phenolic OH excluding ortho intramolecular Hbond substituents is 1. The van der Waals surface area contributed by atoms with Gasteiger partial charge in [-0.2, -0.15) is 13.2 Å². The Kier molecular flexibility index (Phi) is 5.29. The molecule has 0 bridgehead atoms. The van der Waals surface area contributed by atoms with Gasteiger partial charge >= 0.3 is 6.18 Å². The van der Waals surface area contributed by atoms with Crippen LogP contribution in [0.15, 0.2) is 24.3 Å². The second kappa shape index (κ2) is 7.64. The number of nitrogens with zero attached hydrogens (tertiary/aromatic N) is 4. The first kappa shape index (κ1) is 20.8. The van der Waals surface area contributed by atoms with Crippen LogP contribution in [0.3, 0.4) is 0 Å². The van der Waals surface area contributed by atoms with Crippen LogP contribution in [0.25, 0.3) is 11.3 Å². The van der Waals surface area contributed by atoms with E-state index in [-0.39, 0.29) is 17.3 Å². The lowest BCUT2D eigenvalue weighted by Crippen LogP contribution is -2.47. The summed E-state index contributed by atoms with van der Waals surface area (Å²) in [7, 11) is 2.01. The Hall–Kier alpha value is -2.49. The average molecular weight is 428 g/mol. The summed E-state index contributed by atoms with van der Waals surface area (Å²) in [6.45, 7) is 2.48. The topological polar surface area (TPSA) is 52.5 Å². The molecule has 4 rings (SSSR count). The fourth-order valence-corrected chi connectivity index (χ4v) is 4.40. The van der Waals surface area contributed by atoms with Gasteiger partial charge in [0.1, 0.15) is 11.4 Å². The summed E-state index contributed by atoms with van der Waals surface area (Å²) in [5.41, 5.74) is -2.08. The molecule has 5 nitrogen and oxygen atoms in total. The van der Waals surface area contributed by atoms with Crippen molar-refractivity contribution >= 4 is 5.82 Å². The van der Waals surface area contributed by atoms with Crippen molar-refractivity contribution in [2.45, 2.75) is 31.5 Å². The predicted octanol–water partition coefficient (Wildman–Crippen LogP) is 4.34. The predicted molar refractivity (Wildman–Crippen MR) is 100 cm³/mol. The van der Waals surface area contributed by atoms with Gasteiger partial charge in [0.05, 0.1) is 5.56 Å². The zero-order valence-corrected chi connectivity index (χ0v) is 16.2. The first-order valence-corrected chi connectivity index (χ1v) is 9.66. The first-order valence-electron chi connectivity index (χ1n) is 9.66. The highest BCUT2D eigenvalue weighted by Gasteiger charge is 2.39. The van der Waals surface area contributed by atoms with Crippen LogP contribution in [0.5, 0.6) is 5.75 Å². The van der Waals surface area contributed by atoms with Crippen molar-refractivity contribution in [3.63, 3.8) is 0 Å². The lowest BCUT2D eigenvalue weighted by Gasteiger charge is -2.37. The summed E-state index contributed by atoms with van der Waals surface area (Å²) in [5, 5.41) is 18.0. The lowest BCUT2D eigenvalue weighted by atomic mass is 9.92. The highest BCUT2D eigenvalue weighted by molar-refractivity contribution is 5.71. The molecule has 2 aromatic rings. The number of phenols is 1. The van der Waals surface area contributed by atoms with Crippen molar-refractivity contribution in [1.82, 2.24) is 15.1 Å². The van der Waals surface area contributed by atoms with E-state index in [1.165, 1.54) is 6.07 Å². The van der Waals surface area contributed by atoms with Gasteiger partial charge in [-0.3, -0.25) is 0 Å². The molecule has 0 aliphatic carbocycles. The fraction of sp³-hybridized carbons (Fsp3) is 0.500. The molecule has 2 unspecified atom stereocenters. The zero-order chi connectivity index (χ0) is 21.6. The number of halogens is 5. The molecule has 0 amide bonds. The van der Waals surface area contributed by atoms with Crippen molar-refractivity contribution in [3.8, 4) is 17.0 Å². The highest BCUT2D eigenvalue weighted by Crippen LogP contribution is 2.40. The summed E-state index contributed by atoms with van der Waals surface area (Å²) >= 11 is 0. The number of aromatic hydroxyl groups is 1. The molecule has 0 spiro atoms. The molecule has 2 atom stereocenters. The second-order valence-corrected chi connectivity index (χ2v) is 7.90. The van der Waals surface area contributed by atoms with Gasteiger partial charge in [-0.1, -0.05) is 0 Å². The first-order chi connectivity index (χ1) is 14.1. The minimum atomic E-state index is -4.66. The largest absolute Gasteiger partial charge is 0.507 e. The van der Waals surface area contributed by atoms with Gasteiger partial charge < -0.3 is 14.9 Å². The maximum atomic E-state index is 13.8. The van der Waals surface area contributed by atoms with Gasteiger partial charge in [0.25, 0.3) is 6.43 Å². The smallest absolute Gasteiger partial charge is 0.416 e. The molecule has 1 aromatic heterocycles. The lowest BCUT2D eigenvalue weighted by molar-refractivity contribution is -0.137. The van der Waals surface area contributed by atoms with E-state index in [0.29, 0.717) is 24.3 Å². The molecular weight excluding hydrogens is 407 g/mol. The van der Waals surface area contributed by atoms with E-state index in [0.717, 1.165) is 38.1 Å². The number of benzene rings is 1. The third kappa shape index (κ3) is 3.80. The Labute approximate surface area is 170 Å². The van der Waals surface area contributed by atoms with E-state index < -0.39 is 29.5 Å². The van der Waals surface area contributed by atoms with Crippen LogP contribution in [-0.2, 0) is 6.18 Å². The van der Waals surface area contributed by atoms with E-state index in [9.17, 15) is 27.1 Å². The minimum absolute atomic E-state index is 0.161. The van der Waals surface area contributed by atoms with E-state index in [4.69, 9.17) is 0 Å². The zero-order valence-electron chi connectivity index (χ0n) is 16.2. The number of likely N-dealkylation sites (N-methyl/N-ethyl adjacent to an activating group) is 1. The Morgan fingerprint density at radius 3 is 2.50 bits per heavy atom. The molecule has 0 saturated carbocycles. The molecular formula is C20H21F5N4O. The third-order valence-corrected chi connectivity index (χ3v) is 5.99. The Morgan fingerprint density at radius 1 is 1.10 bits per heavy atom. The number of anilines is 1. The number of hydrogen-bond donors (Lipinski definition) is 1. The van der Waals surface area contributed by atoms with E-state index >= 15 is 0 Å². The van der Waals surface area contributed by atoms with Crippen LogP contribution < -0.4 is 4.90 Å². The molecule has 2 saturated heterocycles. The average Bonchev–Trinajstić information content (AvgIpc) is 3.09. The van der Waals surface area contributed by atoms with Crippen LogP contribution in [0.4, 0.5) is 27.8 Å². The normalized spacial score (nSPS) is 22.6. The molecule has 2 fully saturated rings. The second-order valence-electron chi connectivity index (χ2n) is 7.90. The van der Waals surface area contributed by atoms with Crippen LogP contribution in [0.1, 0.15) is 30.4 Å². The van der Waals surface area contributed by atoms with Gasteiger partial charge in [-0.05, 0) is 56.6 Å². The molecule has 2 aliphatic rings. The SMILES string of the molecule is CN1CCC2CCN(c3cc(C(F)F)c(-c4ccc(C(F)(F)F)cc4O)nn3)C2C1.